The number of hydrogen-bond acceptors (Lipinski definition) is 3. The molecule has 0 saturated carbocycles. The first-order valence-electron chi connectivity index (χ1n) is 5.90. The molecule has 2 aromatic rings. The molecule has 1 aromatic carbocycles. The molecule has 1 amide bonds. The molecular weight excluding hydrogens is 228 g/mol. The second-order valence-corrected chi connectivity index (χ2v) is 4.30. The second-order valence-electron chi connectivity index (χ2n) is 4.30. The van der Waals surface area contributed by atoms with E-state index in [1.54, 1.807) is 11.8 Å². The number of hydrogen-bond donors (Lipinski definition) is 2. The van der Waals surface area contributed by atoms with Gasteiger partial charge in [0.25, 0.3) is 0 Å². The van der Waals surface area contributed by atoms with Crippen LogP contribution in [0.2, 0.25) is 0 Å². The minimum Gasteiger partial charge on any atom is -0.307 e. The zero-order valence-electron chi connectivity index (χ0n) is 10.1. The van der Waals surface area contributed by atoms with Crippen molar-refractivity contribution in [2.24, 2.45) is 0 Å². The Kier molecular flexibility index (Phi) is 2.60. The Morgan fingerprint density at radius 2 is 2.06 bits per heavy atom. The van der Waals surface area contributed by atoms with E-state index in [2.05, 4.69) is 15.5 Å². The summed E-state index contributed by atoms with van der Waals surface area (Å²) in [6.07, 6.45) is 0. The van der Waals surface area contributed by atoms with E-state index in [-0.39, 0.29) is 5.91 Å². The molecule has 0 aliphatic carbocycles. The molecule has 18 heavy (non-hydrogen) atoms. The summed E-state index contributed by atoms with van der Waals surface area (Å²) in [5, 5.41) is 10.5. The number of rotatable bonds is 2. The molecule has 2 N–H and O–H groups in total. The zero-order chi connectivity index (χ0) is 12.5. The fraction of sp³-hybridized carbons (Fsp3) is 0.231. The van der Waals surface area contributed by atoms with Crippen LogP contribution in [0, 0.1) is 0 Å². The lowest BCUT2D eigenvalue weighted by Crippen LogP contribution is -2.24. The van der Waals surface area contributed by atoms with E-state index >= 15 is 0 Å². The van der Waals surface area contributed by atoms with Crippen LogP contribution in [-0.4, -0.2) is 16.1 Å². The molecule has 0 bridgehead atoms. The van der Waals surface area contributed by atoms with Gasteiger partial charge in [-0.1, -0.05) is 18.2 Å². The van der Waals surface area contributed by atoms with Crippen molar-refractivity contribution in [2.75, 3.05) is 4.90 Å². The van der Waals surface area contributed by atoms with Crippen LogP contribution in [0.4, 0.5) is 11.5 Å². The molecule has 0 radical (unpaired) electrons. The Balaban J connectivity index is 2.08. The number of anilines is 2. The van der Waals surface area contributed by atoms with Gasteiger partial charge in [0.2, 0.25) is 5.91 Å². The first-order chi connectivity index (χ1) is 8.77. The van der Waals surface area contributed by atoms with Crippen molar-refractivity contribution in [1.82, 2.24) is 15.5 Å². The molecular formula is C13H14N4O. The summed E-state index contributed by atoms with van der Waals surface area (Å²) >= 11 is 0. The van der Waals surface area contributed by atoms with E-state index in [1.807, 2.05) is 30.3 Å². The van der Waals surface area contributed by atoms with Crippen LogP contribution in [0.3, 0.4) is 0 Å². The quantitative estimate of drug-likeness (QED) is 0.842. The number of nitrogens with zero attached hydrogens (tertiary/aromatic N) is 2. The van der Waals surface area contributed by atoms with Gasteiger partial charge in [-0.15, -0.1) is 0 Å². The monoisotopic (exact) mass is 242 g/mol. The second kappa shape index (κ2) is 4.27. The number of H-pyrrole nitrogens is 1. The highest BCUT2D eigenvalue weighted by Crippen LogP contribution is 2.30. The number of fused-ring (bicyclic) bond motifs is 1. The van der Waals surface area contributed by atoms with Gasteiger partial charge in [0.15, 0.2) is 5.82 Å². The number of nitrogens with one attached hydrogen (secondary N) is 2. The molecule has 0 saturated heterocycles. The summed E-state index contributed by atoms with van der Waals surface area (Å²) in [5.41, 5.74) is 2.98. The minimum absolute atomic E-state index is 0.0394. The van der Waals surface area contributed by atoms with Crippen molar-refractivity contribution >= 4 is 17.4 Å². The molecule has 0 fully saturated rings. The van der Waals surface area contributed by atoms with Gasteiger partial charge in [-0.2, -0.15) is 5.10 Å². The standard InChI is InChI=1S/C13H14N4O/c1-9(18)17(10-5-3-2-4-6-10)13-11-7-14-8-12(11)15-16-13/h2-6,14H,7-8H2,1H3,(H,15,16). The Morgan fingerprint density at radius 3 is 2.78 bits per heavy atom. The third kappa shape index (κ3) is 1.69. The van der Waals surface area contributed by atoms with Gasteiger partial charge in [-0.3, -0.25) is 14.8 Å². The lowest BCUT2D eigenvalue weighted by atomic mass is 10.2. The van der Waals surface area contributed by atoms with Crippen molar-refractivity contribution in [3.05, 3.63) is 41.6 Å². The van der Waals surface area contributed by atoms with Crippen molar-refractivity contribution < 1.29 is 4.79 Å². The minimum atomic E-state index is -0.0394. The molecule has 2 heterocycles. The van der Waals surface area contributed by atoms with E-state index in [0.29, 0.717) is 5.82 Å². The normalized spacial score (nSPS) is 13.4. The third-order valence-corrected chi connectivity index (χ3v) is 3.08. The van der Waals surface area contributed by atoms with Crippen molar-refractivity contribution in [1.29, 1.82) is 0 Å². The third-order valence-electron chi connectivity index (χ3n) is 3.08. The van der Waals surface area contributed by atoms with E-state index in [0.717, 1.165) is 30.0 Å². The number of benzene rings is 1. The average molecular weight is 242 g/mol. The van der Waals surface area contributed by atoms with Gasteiger partial charge in [-0.05, 0) is 12.1 Å². The Hall–Kier alpha value is -2.14. The summed E-state index contributed by atoms with van der Waals surface area (Å²) in [5.74, 6) is 0.663. The fourth-order valence-corrected chi connectivity index (χ4v) is 2.25. The summed E-state index contributed by atoms with van der Waals surface area (Å²) in [6.45, 7) is 3.08. The average Bonchev–Trinajstić information content (AvgIpc) is 2.95. The smallest absolute Gasteiger partial charge is 0.229 e. The van der Waals surface area contributed by atoms with Crippen LogP contribution >= 0.6 is 0 Å². The Morgan fingerprint density at radius 1 is 1.28 bits per heavy atom. The summed E-state index contributed by atoms with van der Waals surface area (Å²) in [4.78, 5) is 13.5. The van der Waals surface area contributed by atoms with Gasteiger partial charge < -0.3 is 5.32 Å². The molecule has 0 unspecified atom stereocenters. The Bertz CT molecular complexity index is 576. The highest BCUT2D eigenvalue weighted by molar-refractivity contribution is 5.98. The molecule has 3 rings (SSSR count). The van der Waals surface area contributed by atoms with Gasteiger partial charge in [0, 0.05) is 25.6 Å². The predicted molar refractivity (Wildman–Crippen MR) is 68.4 cm³/mol. The molecule has 1 aliphatic heterocycles. The van der Waals surface area contributed by atoms with Crippen LogP contribution < -0.4 is 10.2 Å². The number of carbonyl (C=O) groups is 1. The number of aromatic nitrogens is 2. The predicted octanol–water partition coefficient (Wildman–Crippen LogP) is 1.70. The SMILES string of the molecule is CC(=O)N(c1ccccc1)c1n[nH]c2c1CNC2. The van der Waals surface area contributed by atoms with E-state index < -0.39 is 0 Å². The van der Waals surface area contributed by atoms with Crippen LogP contribution in [0.1, 0.15) is 18.2 Å². The molecule has 5 heteroatoms. The number of amides is 1. The summed E-state index contributed by atoms with van der Waals surface area (Å²) in [6, 6.07) is 9.57. The topological polar surface area (TPSA) is 61.0 Å². The van der Waals surface area contributed by atoms with E-state index in [1.165, 1.54) is 0 Å². The number of carbonyl (C=O) groups excluding carboxylic acids is 1. The van der Waals surface area contributed by atoms with Crippen LogP contribution in [0.15, 0.2) is 30.3 Å². The van der Waals surface area contributed by atoms with Crippen molar-refractivity contribution in [3.8, 4) is 0 Å². The molecule has 0 spiro atoms. The maximum Gasteiger partial charge on any atom is 0.229 e. The molecule has 0 atom stereocenters. The highest BCUT2D eigenvalue weighted by Gasteiger charge is 2.25. The lowest BCUT2D eigenvalue weighted by Gasteiger charge is -2.19. The van der Waals surface area contributed by atoms with Crippen LogP contribution in [-0.2, 0) is 17.9 Å². The number of para-hydroxylation sites is 1. The molecule has 5 nitrogen and oxygen atoms in total. The van der Waals surface area contributed by atoms with Gasteiger partial charge in [-0.25, -0.2) is 0 Å². The van der Waals surface area contributed by atoms with Crippen LogP contribution in [0.5, 0.6) is 0 Å². The maximum absolute atomic E-state index is 11.9. The highest BCUT2D eigenvalue weighted by atomic mass is 16.2. The molecule has 1 aliphatic rings. The molecule has 92 valence electrons. The number of aromatic amines is 1. The lowest BCUT2D eigenvalue weighted by molar-refractivity contribution is -0.115. The van der Waals surface area contributed by atoms with Gasteiger partial charge in [0.05, 0.1) is 11.4 Å². The summed E-state index contributed by atoms with van der Waals surface area (Å²) in [7, 11) is 0. The van der Waals surface area contributed by atoms with E-state index in [9.17, 15) is 4.79 Å². The summed E-state index contributed by atoms with van der Waals surface area (Å²) < 4.78 is 0. The van der Waals surface area contributed by atoms with Gasteiger partial charge in [0.1, 0.15) is 0 Å². The zero-order valence-corrected chi connectivity index (χ0v) is 10.1. The van der Waals surface area contributed by atoms with Crippen molar-refractivity contribution in [3.63, 3.8) is 0 Å². The van der Waals surface area contributed by atoms with Crippen LogP contribution in [0.25, 0.3) is 0 Å². The molecule has 1 aromatic heterocycles. The fourth-order valence-electron chi connectivity index (χ4n) is 2.25. The van der Waals surface area contributed by atoms with E-state index in [4.69, 9.17) is 0 Å². The first kappa shape index (κ1) is 11.0. The maximum atomic E-state index is 11.9. The Labute approximate surface area is 105 Å². The largest absolute Gasteiger partial charge is 0.307 e. The van der Waals surface area contributed by atoms with Crippen molar-refractivity contribution in [2.45, 2.75) is 20.0 Å². The first-order valence-corrected chi connectivity index (χ1v) is 5.90. The van der Waals surface area contributed by atoms with Gasteiger partial charge >= 0.3 is 0 Å².